The highest BCUT2D eigenvalue weighted by Crippen LogP contribution is 2.27. The number of benzene rings is 3. The molecule has 0 heterocycles. The standard InChI is InChI=1S/C24H24FNO4/c1-28-22-11-8-17(14-23(22)29-2)12-13-26-24(27)19-4-3-5-21(15-19)30-16-18-6-9-20(25)10-7-18/h3-11,14-15H,12-13,16H2,1-2H3,(H,26,27). The predicted octanol–water partition coefficient (Wildman–Crippen LogP) is 4.39. The molecule has 0 unspecified atom stereocenters. The third-order valence-electron chi connectivity index (χ3n) is 4.56. The lowest BCUT2D eigenvalue weighted by Gasteiger charge is -2.11. The number of carbonyl (C=O) groups is 1. The molecule has 6 heteroatoms. The van der Waals surface area contributed by atoms with Crippen LogP contribution in [0.25, 0.3) is 0 Å². The van der Waals surface area contributed by atoms with Crippen molar-refractivity contribution >= 4 is 5.91 Å². The van der Waals surface area contributed by atoms with Crippen molar-refractivity contribution in [3.63, 3.8) is 0 Å². The minimum atomic E-state index is -0.287. The number of nitrogens with one attached hydrogen (secondary N) is 1. The Balaban J connectivity index is 1.53. The zero-order valence-electron chi connectivity index (χ0n) is 17.0. The Kier molecular flexibility index (Phi) is 7.27. The summed E-state index contributed by atoms with van der Waals surface area (Å²) in [6, 6.07) is 18.8. The summed E-state index contributed by atoms with van der Waals surface area (Å²) in [4.78, 5) is 12.5. The van der Waals surface area contributed by atoms with Crippen LogP contribution in [0.3, 0.4) is 0 Å². The lowest BCUT2D eigenvalue weighted by molar-refractivity contribution is 0.0953. The molecule has 5 nitrogen and oxygen atoms in total. The van der Waals surface area contributed by atoms with Crippen LogP contribution >= 0.6 is 0 Å². The second kappa shape index (κ2) is 10.3. The number of carbonyl (C=O) groups excluding carboxylic acids is 1. The first-order valence-electron chi connectivity index (χ1n) is 9.55. The Morgan fingerprint density at radius 1 is 0.900 bits per heavy atom. The van der Waals surface area contributed by atoms with Crippen LogP contribution < -0.4 is 19.5 Å². The van der Waals surface area contributed by atoms with E-state index in [-0.39, 0.29) is 11.7 Å². The van der Waals surface area contributed by atoms with Gasteiger partial charge in [0.25, 0.3) is 5.91 Å². The van der Waals surface area contributed by atoms with E-state index in [1.54, 1.807) is 50.6 Å². The summed E-state index contributed by atoms with van der Waals surface area (Å²) < 4.78 is 29.2. The molecule has 156 valence electrons. The van der Waals surface area contributed by atoms with Crippen molar-refractivity contribution in [3.8, 4) is 17.2 Å². The van der Waals surface area contributed by atoms with Crippen LogP contribution in [0, 0.1) is 5.82 Å². The van der Waals surface area contributed by atoms with Gasteiger partial charge in [-0.3, -0.25) is 4.79 Å². The largest absolute Gasteiger partial charge is 0.493 e. The van der Waals surface area contributed by atoms with E-state index in [0.717, 1.165) is 11.1 Å². The third kappa shape index (κ3) is 5.73. The first-order chi connectivity index (χ1) is 14.6. The molecule has 1 N–H and O–H groups in total. The molecule has 3 rings (SSSR count). The molecule has 0 saturated carbocycles. The molecule has 0 aromatic heterocycles. The van der Waals surface area contributed by atoms with Gasteiger partial charge in [-0.05, 0) is 60.0 Å². The van der Waals surface area contributed by atoms with Crippen molar-refractivity contribution in [1.82, 2.24) is 5.32 Å². The first kappa shape index (κ1) is 21.2. The number of hydrogen-bond acceptors (Lipinski definition) is 4. The van der Waals surface area contributed by atoms with E-state index in [0.29, 0.717) is 42.4 Å². The fourth-order valence-corrected chi connectivity index (χ4v) is 2.93. The number of ether oxygens (including phenoxy) is 3. The van der Waals surface area contributed by atoms with Crippen molar-refractivity contribution in [3.05, 3.63) is 89.2 Å². The molecule has 1 amide bonds. The highest BCUT2D eigenvalue weighted by molar-refractivity contribution is 5.94. The summed E-state index contributed by atoms with van der Waals surface area (Å²) in [5, 5.41) is 2.91. The fraction of sp³-hybridized carbons (Fsp3) is 0.208. The maximum atomic E-state index is 13.0. The van der Waals surface area contributed by atoms with Crippen LogP contribution in [0.5, 0.6) is 17.2 Å². The smallest absolute Gasteiger partial charge is 0.251 e. The zero-order chi connectivity index (χ0) is 21.3. The van der Waals surface area contributed by atoms with E-state index in [1.807, 2.05) is 18.2 Å². The quantitative estimate of drug-likeness (QED) is 0.569. The monoisotopic (exact) mass is 409 g/mol. The summed E-state index contributed by atoms with van der Waals surface area (Å²) in [6.07, 6.45) is 0.660. The summed E-state index contributed by atoms with van der Waals surface area (Å²) in [5.74, 6) is 1.44. The van der Waals surface area contributed by atoms with Gasteiger partial charge >= 0.3 is 0 Å². The molecular formula is C24H24FNO4. The van der Waals surface area contributed by atoms with Crippen LogP contribution in [-0.4, -0.2) is 26.7 Å². The second-order valence-electron chi connectivity index (χ2n) is 6.64. The van der Waals surface area contributed by atoms with Crippen molar-refractivity contribution in [2.45, 2.75) is 13.0 Å². The number of amides is 1. The van der Waals surface area contributed by atoms with Gasteiger partial charge in [0, 0.05) is 12.1 Å². The Morgan fingerprint density at radius 3 is 2.37 bits per heavy atom. The van der Waals surface area contributed by atoms with E-state index in [9.17, 15) is 9.18 Å². The van der Waals surface area contributed by atoms with Gasteiger partial charge in [-0.25, -0.2) is 4.39 Å². The molecule has 3 aromatic rings. The molecule has 0 aliphatic heterocycles. The van der Waals surface area contributed by atoms with Gasteiger partial charge < -0.3 is 19.5 Å². The van der Waals surface area contributed by atoms with Gasteiger partial charge in [-0.15, -0.1) is 0 Å². The average molecular weight is 409 g/mol. The summed E-state index contributed by atoms with van der Waals surface area (Å²) >= 11 is 0. The SMILES string of the molecule is COc1ccc(CCNC(=O)c2cccc(OCc3ccc(F)cc3)c2)cc1OC. The topological polar surface area (TPSA) is 56.8 Å². The lowest BCUT2D eigenvalue weighted by Crippen LogP contribution is -2.25. The summed E-state index contributed by atoms with van der Waals surface area (Å²) in [6.45, 7) is 0.777. The minimum absolute atomic E-state index is 0.178. The molecule has 30 heavy (non-hydrogen) atoms. The fourth-order valence-electron chi connectivity index (χ4n) is 2.93. The van der Waals surface area contributed by atoms with E-state index in [1.165, 1.54) is 12.1 Å². The van der Waals surface area contributed by atoms with E-state index >= 15 is 0 Å². The molecule has 0 spiro atoms. The molecule has 0 saturated heterocycles. The van der Waals surface area contributed by atoms with Crippen LogP contribution in [-0.2, 0) is 13.0 Å². The Morgan fingerprint density at radius 2 is 1.63 bits per heavy atom. The molecule has 0 bridgehead atoms. The normalized spacial score (nSPS) is 10.4. The second-order valence-corrected chi connectivity index (χ2v) is 6.64. The van der Waals surface area contributed by atoms with Crippen molar-refractivity contribution in [2.24, 2.45) is 0 Å². The summed E-state index contributed by atoms with van der Waals surface area (Å²) in [5.41, 5.74) is 2.39. The highest BCUT2D eigenvalue weighted by atomic mass is 19.1. The Bertz CT molecular complexity index is 989. The zero-order valence-corrected chi connectivity index (χ0v) is 17.0. The van der Waals surface area contributed by atoms with Crippen LogP contribution in [0.1, 0.15) is 21.5 Å². The van der Waals surface area contributed by atoms with Gasteiger partial charge in [0.15, 0.2) is 11.5 Å². The number of halogens is 1. The van der Waals surface area contributed by atoms with Crippen LogP contribution in [0.4, 0.5) is 4.39 Å². The molecular weight excluding hydrogens is 385 g/mol. The van der Waals surface area contributed by atoms with E-state index in [4.69, 9.17) is 14.2 Å². The van der Waals surface area contributed by atoms with Crippen LogP contribution in [0.2, 0.25) is 0 Å². The number of hydrogen-bond donors (Lipinski definition) is 1. The molecule has 3 aromatic carbocycles. The van der Waals surface area contributed by atoms with Crippen LogP contribution in [0.15, 0.2) is 66.7 Å². The molecule has 0 radical (unpaired) electrons. The van der Waals surface area contributed by atoms with Crippen molar-refractivity contribution in [2.75, 3.05) is 20.8 Å². The number of methoxy groups -OCH3 is 2. The first-order valence-corrected chi connectivity index (χ1v) is 9.55. The van der Waals surface area contributed by atoms with Gasteiger partial charge in [-0.2, -0.15) is 0 Å². The average Bonchev–Trinajstić information content (AvgIpc) is 2.78. The molecule has 0 aliphatic rings. The lowest BCUT2D eigenvalue weighted by atomic mass is 10.1. The molecule has 0 atom stereocenters. The summed E-state index contributed by atoms with van der Waals surface area (Å²) in [7, 11) is 3.18. The van der Waals surface area contributed by atoms with Gasteiger partial charge in [0.1, 0.15) is 18.2 Å². The maximum absolute atomic E-state index is 13.0. The van der Waals surface area contributed by atoms with E-state index in [2.05, 4.69) is 5.32 Å². The van der Waals surface area contributed by atoms with Crippen molar-refractivity contribution < 1.29 is 23.4 Å². The van der Waals surface area contributed by atoms with Gasteiger partial charge in [0.2, 0.25) is 0 Å². The molecule has 0 fully saturated rings. The highest BCUT2D eigenvalue weighted by Gasteiger charge is 2.08. The third-order valence-corrected chi connectivity index (χ3v) is 4.56. The predicted molar refractivity (Wildman–Crippen MR) is 113 cm³/mol. The number of rotatable bonds is 9. The maximum Gasteiger partial charge on any atom is 0.251 e. The Labute approximate surface area is 175 Å². The van der Waals surface area contributed by atoms with Gasteiger partial charge in [0.05, 0.1) is 14.2 Å². The molecule has 0 aliphatic carbocycles. The minimum Gasteiger partial charge on any atom is -0.493 e. The van der Waals surface area contributed by atoms with Gasteiger partial charge in [-0.1, -0.05) is 24.3 Å². The Hall–Kier alpha value is -3.54. The van der Waals surface area contributed by atoms with E-state index < -0.39 is 0 Å². The van der Waals surface area contributed by atoms with Crippen molar-refractivity contribution in [1.29, 1.82) is 0 Å².